The molecule has 106 valence electrons. The highest BCUT2D eigenvalue weighted by Crippen LogP contribution is 2.13. The van der Waals surface area contributed by atoms with Gasteiger partial charge in [0, 0.05) is 18.1 Å². The zero-order valence-electron chi connectivity index (χ0n) is 11.5. The topological polar surface area (TPSA) is 63.0 Å². The van der Waals surface area contributed by atoms with Crippen molar-refractivity contribution in [3.05, 3.63) is 72.3 Å². The summed E-state index contributed by atoms with van der Waals surface area (Å²) in [6.45, 7) is 1.37. The first-order valence-electron chi connectivity index (χ1n) is 6.74. The standard InChI is InChI=1S/C16H16N4O/c21-16-6-5-15(18-11-16)10-17-14-4-1-3-13(9-14)12-20-8-2-7-19-20/h1-9,11,17,21H,10,12H2. The molecular formula is C16H16N4O. The molecule has 5 heteroatoms. The number of aromatic hydroxyl groups is 1. The summed E-state index contributed by atoms with van der Waals surface area (Å²) >= 11 is 0. The number of nitrogens with one attached hydrogen (secondary N) is 1. The van der Waals surface area contributed by atoms with Crippen LogP contribution < -0.4 is 5.32 Å². The third-order valence-corrected chi connectivity index (χ3v) is 3.11. The average molecular weight is 280 g/mol. The average Bonchev–Trinajstić information content (AvgIpc) is 3.00. The van der Waals surface area contributed by atoms with Crippen LogP contribution in [0.5, 0.6) is 5.75 Å². The zero-order valence-corrected chi connectivity index (χ0v) is 11.5. The van der Waals surface area contributed by atoms with Crippen LogP contribution in [0.25, 0.3) is 0 Å². The van der Waals surface area contributed by atoms with E-state index in [9.17, 15) is 5.11 Å². The van der Waals surface area contributed by atoms with Crippen LogP contribution in [0.15, 0.2) is 61.1 Å². The fourth-order valence-electron chi connectivity index (χ4n) is 2.07. The van der Waals surface area contributed by atoms with Gasteiger partial charge in [0.25, 0.3) is 0 Å². The summed E-state index contributed by atoms with van der Waals surface area (Å²) < 4.78 is 1.89. The van der Waals surface area contributed by atoms with Gasteiger partial charge in [0.2, 0.25) is 0 Å². The van der Waals surface area contributed by atoms with Gasteiger partial charge in [-0.2, -0.15) is 5.10 Å². The predicted molar refractivity (Wildman–Crippen MR) is 81.0 cm³/mol. The van der Waals surface area contributed by atoms with Crippen molar-refractivity contribution < 1.29 is 5.11 Å². The smallest absolute Gasteiger partial charge is 0.133 e. The number of hydrogen-bond donors (Lipinski definition) is 2. The molecule has 2 aromatic heterocycles. The van der Waals surface area contributed by atoms with Crippen LogP contribution in [0, 0.1) is 0 Å². The predicted octanol–water partition coefficient (Wildman–Crippen LogP) is 2.64. The van der Waals surface area contributed by atoms with Gasteiger partial charge in [-0.3, -0.25) is 9.67 Å². The Morgan fingerprint density at radius 1 is 1.14 bits per heavy atom. The molecule has 0 saturated carbocycles. The van der Waals surface area contributed by atoms with Gasteiger partial charge in [0.05, 0.1) is 25.0 Å². The highest BCUT2D eigenvalue weighted by Gasteiger charge is 1.99. The Kier molecular flexibility index (Phi) is 3.82. The third-order valence-electron chi connectivity index (χ3n) is 3.11. The zero-order chi connectivity index (χ0) is 14.5. The monoisotopic (exact) mass is 280 g/mol. The second kappa shape index (κ2) is 6.09. The van der Waals surface area contributed by atoms with Crippen molar-refractivity contribution in [1.29, 1.82) is 0 Å². The molecule has 1 aromatic carbocycles. The first kappa shape index (κ1) is 13.2. The van der Waals surface area contributed by atoms with E-state index in [-0.39, 0.29) is 5.75 Å². The molecule has 2 heterocycles. The van der Waals surface area contributed by atoms with Crippen molar-refractivity contribution in [3.63, 3.8) is 0 Å². The summed E-state index contributed by atoms with van der Waals surface area (Å²) in [5.74, 6) is 0.181. The van der Waals surface area contributed by atoms with E-state index in [0.717, 1.165) is 17.9 Å². The van der Waals surface area contributed by atoms with E-state index in [4.69, 9.17) is 0 Å². The molecule has 0 spiro atoms. The number of pyridine rings is 1. The number of rotatable bonds is 5. The van der Waals surface area contributed by atoms with Crippen molar-refractivity contribution in [1.82, 2.24) is 14.8 Å². The lowest BCUT2D eigenvalue weighted by atomic mass is 10.2. The molecule has 2 N–H and O–H groups in total. The van der Waals surface area contributed by atoms with Crippen LogP contribution in [0.3, 0.4) is 0 Å². The molecule has 5 nitrogen and oxygen atoms in total. The number of benzene rings is 1. The number of anilines is 1. The van der Waals surface area contributed by atoms with E-state index in [2.05, 4.69) is 27.5 Å². The van der Waals surface area contributed by atoms with Crippen LogP contribution in [0.2, 0.25) is 0 Å². The molecule has 3 aromatic rings. The highest BCUT2D eigenvalue weighted by atomic mass is 16.3. The van der Waals surface area contributed by atoms with Gasteiger partial charge in [-0.05, 0) is 35.9 Å². The maximum atomic E-state index is 9.21. The molecule has 0 aliphatic carbocycles. The second-order valence-corrected chi connectivity index (χ2v) is 4.77. The van der Waals surface area contributed by atoms with Crippen LogP contribution in [0.1, 0.15) is 11.3 Å². The lowest BCUT2D eigenvalue weighted by molar-refractivity contribution is 0.472. The normalized spacial score (nSPS) is 10.5. The molecule has 0 unspecified atom stereocenters. The fraction of sp³-hybridized carbons (Fsp3) is 0.125. The minimum Gasteiger partial charge on any atom is -0.506 e. The lowest BCUT2D eigenvalue weighted by Crippen LogP contribution is -2.03. The molecule has 0 atom stereocenters. The van der Waals surface area contributed by atoms with Crippen molar-refractivity contribution in [3.8, 4) is 5.75 Å². The Morgan fingerprint density at radius 3 is 2.86 bits per heavy atom. The summed E-state index contributed by atoms with van der Waals surface area (Å²) in [6.07, 6.45) is 5.17. The molecule has 21 heavy (non-hydrogen) atoms. The first-order valence-corrected chi connectivity index (χ1v) is 6.74. The molecule has 0 aliphatic rings. The second-order valence-electron chi connectivity index (χ2n) is 4.77. The van der Waals surface area contributed by atoms with Gasteiger partial charge in [0.1, 0.15) is 5.75 Å². The first-order chi connectivity index (χ1) is 10.3. The third kappa shape index (κ3) is 3.60. The largest absolute Gasteiger partial charge is 0.506 e. The quantitative estimate of drug-likeness (QED) is 0.754. The summed E-state index contributed by atoms with van der Waals surface area (Å²) in [4.78, 5) is 4.15. The minimum absolute atomic E-state index is 0.181. The van der Waals surface area contributed by atoms with E-state index in [1.807, 2.05) is 29.1 Å². The van der Waals surface area contributed by atoms with Crippen molar-refractivity contribution in [2.45, 2.75) is 13.1 Å². The summed E-state index contributed by atoms with van der Waals surface area (Å²) in [5, 5.41) is 16.7. The van der Waals surface area contributed by atoms with E-state index >= 15 is 0 Å². The van der Waals surface area contributed by atoms with Crippen molar-refractivity contribution in [2.75, 3.05) is 5.32 Å². The fourth-order valence-corrected chi connectivity index (χ4v) is 2.07. The molecular weight excluding hydrogens is 264 g/mol. The molecule has 0 fully saturated rings. The number of aromatic nitrogens is 3. The van der Waals surface area contributed by atoms with Crippen molar-refractivity contribution >= 4 is 5.69 Å². The van der Waals surface area contributed by atoms with E-state index in [0.29, 0.717) is 6.54 Å². The maximum absolute atomic E-state index is 9.21. The molecule has 0 aliphatic heterocycles. The Balaban J connectivity index is 1.64. The van der Waals surface area contributed by atoms with Crippen LogP contribution in [-0.4, -0.2) is 19.9 Å². The van der Waals surface area contributed by atoms with Gasteiger partial charge in [0.15, 0.2) is 0 Å². The molecule has 3 rings (SSSR count). The SMILES string of the molecule is Oc1ccc(CNc2cccc(Cn3cccn3)c2)nc1. The van der Waals surface area contributed by atoms with E-state index in [1.54, 1.807) is 18.3 Å². The van der Waals surface area contributed by atoms with Gasteiger partial charge in [-0.25, -0.2) is 0 Å². The van der Waals surface area contributed by atoms with E-state index in [1.165, 1.54) is 11.8 Å². The summed E-state index contributed by atoms with van der Waals surface area (Å²) in [5.41, 5.74) is 3.10. The van der Waals surface area contributed by atoms with Crippen LogP contribution in [0.4, 0.5) is 5.69 Å². The van der Waals surface area contributed by atoms with Crippen LogP contribution in [-0.2, 0) is 13.1 Å². The minimum atomic E-state index is 0.181. The Hall–Kier alpha value is -2.82. The lowest BCUT2D eigenvalue weighted by Gasteiger charge is -2.08. The van der Waals surface area contributed by atoms with Gasteiger partial charge in [-0.1, -0.05) is 12.1 Å². The Morgan fingerprint density at radius 2 is 2.10 bits per heavy atom. The number of nitrogens with zero attached hydrogens (tertiary/aromatic N) is 3. The molecule has 0 bridgehead atoms. The van der Waals surface area contributed by atoms with Crippen molar-refractivity contribution in [2.24, 2.45) is 0 Å². The van der Waals surface area contributed by atoms with E-state index < -0.39 is 0 Å². The molecule has 0 amide bonds. The number of hydrogen-bond acceptors (Lipinski definition) is 4. The summed E-state index contributed by atoms with van der Waals surface area (Å²) in [6, 6.07) is 13.6. The Labute approximate surface area is 122 Å². The molecule has 0 saturated heterocycles. The Bertz CT molecular complexity index is 693. The highest BCUT2D eigenvalue weighted by molar-refractivity contribution is 5.46. The molecule has 0 radical (unpaired) electrons. The van der Waals surface area contributed by atoms with Gasteiger partial charge >= 0.3 is 0 Å². The van der Waals surface area contributed by atoms with Gasteiger partial charge in [-0.15, -0.1) is 0 Å². The van der Waals surface area contributed by atoms with Crippen LogP contribution >= 0.6 is 0 Å². The maximum Gasteiger partial charge on any atom is 0.133 e. The summed E-state index contributed by atoms with van der Waals surface area (Å²) in [7, 11) is 0. The van der Waals surface area contributed by atoms with Gasteiger partial charge < -0.3 is 10.4 Å².